The van der Waals surface area contributed by atoms with Crippen LogP contribution in [0.4, 0.5) is 0 Å². The second-order valence-electron chi connectivity index (χ2n) is 7.54. The Bertz CT molecular complexity index is 949. The summed E-state index contributed by atoms with van der Waals surface area (Å²) in [7, 11) is 0. The van der Waals surface area contributed by atoms with E-state index in [4.69, 9.17) is 21.1 Å². The molecule has 2 heterocycles. The number of Topliss-reactive ketones (excluding diaryl/α,β-unsaturated/α-hetero) is 1. The normalized spacial score (nSPS) is 17.7. The molecule has 0 aromatic heterocycles. The number of benzene rings is 2. The average molecular weight is 384 g/mol. The van der Waals surface area contributed by atoms with Gasteiger partial charge in [-0.1, -0.05) is 37.6 Å². The van der Waals surface area contributed by atoms with Crippen molar-refractivity contribution in [2.75, 3.05) is 13.3 Å². The molecule has 2 aliphatic rings. The predicted octanol–water partition coefficient (Wildman–Crippen LogP) is 5.07. The molecular weight excluding hydrogens is 362 g/mol. The monoisotopic (exact) mass is 383 g/mol. The van der Waals surface area contributed by atoms with E-state index < -0.39 is 0 Å². The minimum atomic E-state index is -0.100. The van der Waals surface area contributed by atoms with Crippen molar-refractivity contribution in [1.82, 2.24) is 4.90 Å². The zero-order valence-electron chi connectivity index (χ0n) is 15.7. The summed E-state index contributed by atoms with van der Waals surface area (Å²) in [5, 5.41) is 0.623. The fraction of sp³-hybridized carbons (Fsp3) is 0.318. The second-order valence-corrected chi connectivity index (χ2v) is 7.98. The summed E-state index contributed by atoms with van der Waals surface area (Å²) in [6.45, 7) is 8.62. The number of halogens is 1. The highest BCUT2D eigenvalue weighted by Crippen LogP contribution is 2.43. The zero-order chi connectivity index (χ0) is 19.1. The van der Waals surface area contributed by atoms with Crippen LogP contribution in [0.2, 0.25) is 5.02 Å². The molecule has 0 saturated carbocycles. The second kappa shape index (κ2) is 7.02. The lowest BCUT2D eigenvalue weighted by Gasteiger charge is -2.31. The van der Waals surface area contributed by atoms with Gasteiger partial charge in [0.1, 0.15) is 18.2 Å². The Morgan fingerprint density at radius 3 is 2.81 bits per heavy atom. The zero-order valence-corrected chi connectivity index (χ0v) is 16.5. The van der Waals surface area contributed by atoms with Gasteiger partial charge in [0.2, 0.25) is 5.78 Å². The van der Waals surface area contributed by atoms with Crippen molar-refractivity contribution in [3.63, 3.8) is 0 Å². The number of rotatable bonds is 3. The smallest absolute Gasteiger partial charge is 0.231 e. The summed E-state index contributed by atoms with van der Waals surface area (Å²) in [6, 6.07) is 9.27. The predicted molar refractivity (Wildman–Crippen MR) is 106 cm³/mol. The van der Waals surface area contributed by atoms with Gasteiger partial charge < -0.3 is 9.47 Å². The van der Waals surface area contributed by atoms with Crippen LogP contribution in [0.25, 0.3) is 6.08 Å². The van der Waals surface area contributed by atoms with Gasteiger partial charge in [-0.25, -0.2) is 0 Å². The van der Waals surface area contributed by atoms with Gasteiger partial charge >= 0.3 is 0 Å². The van der Waals surface area contributed by atoms with Crippen LogP contribution in [0.3, 0.4) is 0 Å². The van der Waals surface area contributed by atoms with E-state index in [0.29, 0.717) is 34.7 Å². The van der Waals surface area contributed by atoms with Gasteiger partial charge in [0.15, 0.2) is 5.76 Å². The van der Waals surface area contributed by atoms with Gasteiger partial charge in [0, 0.05) is 29.2 Å². The van der Waals surface area contributed by atoms with Crippen LogP contribution in [0, 0.1) is 12.8 Å². The van der Waals surface area contributed by atoms with Crippen LogP contribution >= 0.6 is 11.6 Å². The van der Waals surface area contributed by atoms with Crippen LogP contribution in [0.15, 0.2) is 36.1 Å². The molecule has 5 heteroatoms. The molecule has 0 atom stereocenters. The van der Waals surface area contributed by atoms with Crippen molar-refractivity contribution in [2.45, 2.75) is 27.3 Å². The van der Waals surface area contributed by atoms with Crippen molar-refractivity contribution in [3.8, 4) is 11.5 Å². The topological polar surface area (TPSA) is 38.8 Å². The summed E-state index contributed by atoms with van der Waals surface area (Å²) in [5.74, 6) is 2.21. The molecule has 0 N–H and O–H groups in total. The lowest BCUT2D eigenvalue weighted by atomic mass is 9.99. The van der Waals surface area contributed by atoms with Crippen LogP contribution in [-0.2, 0) is 6.54 Å². The van der Waals surface area contributed by atoms with Gasteiger partial charge in [-0.05, 0) is 42.7 Å². The number of hydrogen-bond donors (Lipinski definition) is 0. The Labute approximate surface area is 164 Å². The maximum Gasteiger partial charge on any atom is 0.231 e. The minimum absolute atomic E-state index is 0.100. The molecule has 4 rings (SSSR count). The largest absolute Gasteiger partial charge is 0.477 e. The fourth-order valence-electron chi connectivity index (χ4n) is 3.68. The van der Waals surface area contributed by atoms with Gasteiger partial charge in [0.25, 0.3) is 0 Å². The SMILES string of the molecule is Cc1c2c(cc3c1O/C(=C\c1cccc(Cl)c1)C3=O)CN(CC(C)C)CO2. The number of nitrogens with zero attached hydrogens (tertiary/aromatic N) is 1. The third-order valence-corrected chi connectivity index (χ3v) is 5.01. The number of hydrogen-bond acceptors (Lipinski definition) is 4. The molecule has 0 aliphatic carbocycles. The lowest BCUT2D eigenvalue weighted by Crippen LogP contribution is -2.35. The molecule has 0 amide bonds. The Morgan fingerprint density at radius 1 is 1.26 bits per heavy atom. The lowest BCUT2D eigenvalue weighted by molar-refractivity contribution is 0.0835. The van der Waals surface area contributed by atoms with E-state index in [1.807, 2.05) is 25.1 Å². The fourth-order valence-corrected chi connectivity index (χ4v) is 3.88. The Kier molecular flexibility index (Phi) is 4.70. The van der Waals surface area contributed by atoms with Crippen LogP contribution in [0.1, 0.15) is 40.9 Å². The van der Waals surface area contributed by atoms with Crippen molar-refractivity contribution in [2.24, 2.45) is 5.92 Å². The van der Waals surface area contributed by atoms with Gasteiger partial charge in [-0.2, -0.15) is 0 Å². The number of carbonyl (C=O) groups is 1. The third kappa shape index (κ3) is 3.47. The Hall–Kier alpha value is -2.30. The summed E-state index contributed by atoms with van der Waals surface area (Å²) >= 11 is 6.04. The molecule has 2 aromatic rings. The molecule has 0 radical (unpaired) electrons. The molecule has 0 unspecified atom stereocenters. The highest BCUT2D eigenvalue weighted by Gasteiger charge is 2.33. The van der Waals surface area contributed by atoms with Crippen LogP contribution < -0.4 is 9.47 Å². The number of ether oxygens (including phenoxy) is 2. The van der Waals surface area contributed by atoms with E-state index >= 15 is 0 Å². The van der Waals surface area contributed by atoms with Crippen LogP contribution in [0.5, 0.6) is 11.5 Å². The first-order valence-corrected chi connectivity index (χ1v) is 9.51. The summed E-state index contributed by atoms with van der Waals surface area (Å²) in [4.78, 5) is 15.2. The van der Waals surface area contributed by atoms with Crippen molar-refractivity contribution in [1.29, 1.82) is 0 Å². The molecular formula is C22H22ClNO3. The first-order valence-electron chi connectivity index (χ1n) is 9.14. The van der Waals surface area contributed by atoms with E-state index in [9.17, 15) is 4.79 Å². The van der Waals surface area contributed by atoms with Crippen molar-refractivity contribution in [3.05, 3.63) is 63.4 Å². The highest BCUT2D eigenvalue weighted by atomic mass is 35.5. The standard InChI is InChI=1S/C22H22ClNO3/c1-13(2)10-24-11-16-9-18-20(25)19(8-15-5-4-6-17(23)7-15)27-22(18)14(3)21(16)26-12-24/h4-9,13H,10-12H2,1-3H3/b19-8-. The quantitative estimate of drug-likeness (QED) is 0.693. The van der Waals surface area contributed by atoms with Crippen LogP contribution in [-0.4, -0.2) is 24.0 Å². The highest BCUT2D eigenvalue weighted by molar-refractivity contribution is 6.30. The maximum atomic E-state index is 12.9. The van der Waals surface area contributed by atoms with E-state index in [0.717, 1.165) is 35.5 Å². The summed E-state index contributed by atoms with van der Waals surface area (Å²) in [5.41, 5.74) is 3.36. The summed E-state index contributed by atoms with van der Waals surface area (Å²) in [6.07, 6.45) is 1.73. The van der Waals surface area contributed by atoms with Gasteiger partial charge in [-0.3, -0.25) is 9.69 Å². The molecule has 0 fully saturated rings. The Morgan fingerprint density at radius 2 is 2.07 bits per heavy atom. The molecule has 0 saturated heterocycles. The number of allylic oxidation sites excluding steroid dienone is 1. The molecule has 2 aromatic carbocycles. The first kappa shape index (κ1) is 18.1. The molecule has 2 aliphatic heterocycles. The summed E-state index contributed by atoms with van der Waals surface area (Å²) < 4.78 is 11.9. The first-order chi connectivity index (χ1) is 12.9. The van der Waals surface area contributed by atoms with E-state index in [1.54, 1.807) is 18.2 Å². The third-order valence-electron chi connectivity index (χ3n) is 4.77. The molecule has 4 nitrogen and oxygen atoms in total. The number of fused-ring (bicyclic) bond motifs is 2. The Balaban J connectivity index is 1.67. The van der Waals surface area contributed by atoms with Crippen molar-refractivity contribution < 1.29 is 14.3 Å². The maximum absolute atomic E-state index is 12.9. The number of ketones is 1. The van der Waals surface area contributed by atoms with Gasteiger partial charge in [-0.15, -0.1) is 0 Å². The molecule has 0 spiro atoms. The van der Waals surface area contributed by atoms with E-state index in [-0.39, 0.29) is 5.78 Å². The average Bonchev–Trinajstić information content (AvgIpc) is 2.91. The minimum Gasteiger partial charge on any atom is -0.477 e. The van der Waals surface area contributed by atoms with Crippen molar-refractivity contribution >= 4 is 23.5 Å². The van der Waals surface area contributed by atoms with Gasteiger partial charge in [0.05, 0.1) is 5.56 Å². The number of carbonyl (C=O) groups excluding carboxylic acids is 1. The molecule has 140 valence electrons. The van der Waals surface area contributed by atoms with E-state index in [1.165, 1.54) is 0 Å². The molecule has 0 bridgehead atoms. The molecule has 27 heavy (non-hydrogen) atoms. The van der Waals surface area contributed by atoms with E-state index in [2.05, 4.69) is 18.7 Å².